The van der Waals surface area contributed by atoms with E-state index in [1.165, 1.54) is 0 Å². The number of hydrogen-bond donors (Lipinski definition) is 0. The molecule has 2 atom stereocenters. The molecule has 0 saturated heterocycles. The molecule has 1 aromatic heterocycles. The summed E-state index contributed by atoms with van der Waals surface area (Å²) < 4.78 is 12.7. The van der Waals surface area contributed by atoms with Crippen LogP contribution >= 0.6 is 0 Å². The van der Waals surface area contributed by atoms with Gasteiger partial charge in [0.25, 0.3) is 0 Å². The maximum atomic E-state index is 12.7. The zero-order chi connectivity index (χ0) is 15.0. The Morgan fingerprint density at radius 3 is 2.67 bits per heavy atom. The van der Waals surface area contributed by atoms with Crippen LogP contribution in [0.4, 0.5) is 11.5 Å². The van der Waals surface area contributed by atoms with Crippen LogP contribution in [0, 0.1) is 0 Å². The zero-order valence-corrected chi connectivity index (χ0v) is 13.3. The molecule has 0 N–H and O–H groups in total. The number of nitrogens with zero attached hydrogens (tertiary/aromatic N) is 3. The zero-order valence-electron chi connectivity index (χ0n) is 12.5. The van der Waals surface area contributed by atoms with Crippen molar-refractivity contribution in [2.45, 2.75) is 22.8 Å². The first-order valence-electron chi connectivity index (χ1n) is 6.99. The number of aromatic nitrogens is 1. The fourth-order valence-corrected chi connectivity index (χ4v) is 3.75. The normalized spacial score (nSPS) is 18.3. The molecule has 0 fully saturated rings. The first-order valence-corrected chi connectivity index (χ1v) is 8.14. The standard InChI is InChI=1S/C16H19N3OS/c1-12(18(2)3)11-19-13-7-4-5-8-14(13)21(20)15-9-6-10-17-16(15)19/h4-10,12H,11H2,1-3H3. The van der Waals surface area contributed by atoms with Crippen LogP contribution in [0.3, 0.4) is 0 Å². The first kappa shape index (κ1) is 14.2. The van der Waals surface area contributed by atoms with Gasteiger partial charge in [-0.2, -0.15) is 0 Å². The SMILES string of the molecule is CC(CN1c2ccccc2S(=O)c2cccnc21)N(C)C. The van der Waals surface area contributed by atoms with Gasteiger partial charge >= 0.3 is 0 Å². The summed E-state index contributed by atoms with van der Waals surface area (Å²) >= 11 is 0. The molecule has 2 heterocycles. The van der Waals surface area contributed by atoms with Gasteiger partial charge in [-0.05, 0) is 45.3 Å². The number of hydrogen-bond acceptors (Lipinski definition) is 4. The molecule has 1 aromatic carbocycles. The van der Waals surface area contributed by atoms with Crippen LogP contribution in [0.15, 0.2) is 52.4 Å². The lowest BCUT2D eigenvalue weighted by Gasteiger charge is -2.34. The van der Waals surface area contributed by atoms with Gasteiger partial charge in [-0.3, -0.25) is 0 Å². The largest absolute Gasteiger partial charge is 0.323 e. The maximum absolute atomic E-state index is 12.7. The average molecular weight is 301 g/mol. The summed E-state index contributed by atoms with van der Waals surface area (Å²) in [5, 5.41) is 0. The van der Waals surface area contributed by atoms with Crippen molar-refractivity contribution in [1.82, 2.24) is 9.88 Å². The second-order valence-electron chi connectivity index (χ2n) is 5.48. The molecule has 0 spiro atoms. The molecule has 21 heavy (non-hydrogen) atoms. The Balaban J connectivity index is 2.11. The Labute approximate surface area is 127 Å². The van der Waals surface area contributed by atoms with Gasteiger partial charge in [-0.25, -0.2) is 9.19 Å². The lowest BCUT2D eigenvalue weighted by Crippen LogP contribution is -2.38. The Hall–Kier alpha value is -1.72. The number of fused-ring (bicyclic) bond motifs is 2. The molecule has 0 aliphatic carbocycles. The van der Waals surface area contributed by atoms with Crippen LogP contribution in [-0.2, 0) is 10.8 Å². The molecule has 1 aliphatic heterocycles. The molecule has 0 amide bonds. The summed E-state index contributed by atoms with van der Waals surface area (Å²) in [7, 11) is 2.98. The highest BCUT2D eigenvalue weighted by molar-refractivity contribution is 7.85. The van der Waals surface area contributed by atoms with Crippen molar-refractivity contribution in [3.05, 3.63) is 42.6 Å². The fraction of sp³-hybridized carbons (Fsp3) is 0.312. The molecule has 110 valence electrons. The van der Waals surface area contributed by atoms with Crippen molar-refractivity contribution in [1.29, 1.82) is 0 Å². The predicted molar refractivity (Wildman–Crippen MR) is 85.5 cm³/mol. The van der Waals surface area contributed by atoms with E-state index < -0.39 is 10.8 Å². The van der Waals surface area contributed by atoms with Crippen LogP contribution in [-0.4, -0.2) is 40.8 Å². The molecule has 1 aliphatic rings. The maximum Gasteiger partial charge on any atom is 0.149 e. The second kappa shape index (κ2) is 5.58. The summed E-state index contributed by atoms with van der Waals surface area (Å²) in [6.07, 6.45) is 1.76. The summed E-state index contributed by atoms with van der Waals surface area (Å²) in [4.78, 5) is 10.5. The minimum atomic E-state index is -1.15. The second-order valence-corrected chi connectivity index (χ2v) is 6.90. The highest BCUT2D eigenvalue weighted by Crippen LogP contribution is 2.40. The molecular weight excluding hydrogens is 282 g/mol. The van der Waals surface area contributed by atoms with Gasteiger partial charge < -0.3 is 9.80 Å². The van der Waals surface area contributed by atoms with E-state index in [2.05, 4.69) is 35.8 Å². The molecule has 4 nitrogen and oxygen atoms in total. The topological polar surface area (TPSA) is 36.4 Å². The van der Waals surface area contributed by atoms with E-state index in [0.717, 1.165) is 27.8 Å². The molecular formula is C16H19N3OS. The third kappa shape index (κ3) is 2.47. The summed E-state index contributed by atoms with van der Waals surface area (Å²) in [5.41, 5.74) is 0.996. The van der Waals surface area contributed by atoms with Crippen molar-refractivity contribution in [2.75, 3.05) is 25.5 Å². The molecule has 0 saturated carbocycles. The van der Waals surface area contributed by atoms with Gasteiger partial charge in [0.2, 0.25) is 0 Å². The quantitative estimate of drug-likeness (QED) is 0.873. The van der Waals surface area contributed by atoms with E-state index in [-0.39, 0.29) is 0 Å². The highest BCUT2D eigenvalue weighted by atomic mass is 32.2. The highest BCUT2D eigenvalue weighted by Gasteiger charge is 2.29. The predicted octanol–water partition coefficient (Wildman–Crippen LogP) is 2.65. The number of rotatable bonds is 3. The average Bonchev–Trinajstić information content (AvgIpc) is 2.51. The van der Waals surface area contributed by atoms with E-state index in [1.807, 2.05) is 36.4 Å². The third-order valence-electron chi connectivity index (χ3n) is 3.89. The Morgan fingerprint density at radius 1 is 1.19 bits per heavy atom. The number of anilines is 2. The number of pyridine rings is 1. The van der Waals surface area contributed by atoms with E-state index in [1.54, 1.807) is 6.20 Å². The van der Waals surface area contributed by atoms with Crippen LogP contribution in [0.5, 0.6) is 0 Å². The van der Waals surface area contributed by atoms with Gasteiger partial charge in [0, 0.05) is 18.8 Å². The van der Waals surface area contributed by atoms with E-state index in [9.17, 15) is 4.21 Å². The smallest absolute Gasteiger partial charge is 0.149 e. The van der Waals surface area contributed by atoms with Gasteiger partial charge in [-0.1, -0.05) is 12.1 Å². The van der Waals surface area contributed by atoms with Crippen molar-refractivity contribution in [3.63, 3.8) is 0 Å². The van der Waals surface area contributed by atoms with Gasteiger partial charge in [-0.15, -0.1) is 0 Å². The van der Waals surface area contributed by atoms with Crippen LogP contribution in [0.2, 0.25) is 0 Å². The Morgan fingerprint density at radius 2 is 1.90 bits per heavy atom. The molecule has 0 bridgehead atoms. The van der Waals surface area contributed by atoms with E-state index in [4.69, 9.17) is 0 Å². The number of benzene rings is 1. The lowest BCUT2D eigenvalue weighted by molar-refractivity contribution is 0.318. The van der Waals surface area contributed by atoms with Crippen LogP contribution < -0.4 is 4.90 Å². The van der Waals surface area contributed by atoms with Crippen LogP contribution in [0.1, 0.15) is 6.92 Å². The molecule has 5 heteroatoms. The summed E-state index contributed by atoms with van der Waals surface area (Å²) in [5.74, 6) is 0.809. The monoisotopic (exact) mass is 301 g/mol. The van der Waals surface area contributed by atoms with Gasteiger partial charge in [0.15, 0.2) is 0 Å². The van der Waals surface area contributed by atoms with Gasteiger partial charge in [0.05, 0.1) is 26.3 Å². The molecule has 2 unspecified atom stereocenters. The van der Waals surface area contributed by atoms with Crippen molar-refractivity contribution in [2.24, 2.45) is 0 Å². The van der Waals surface area contributed by atoms with Crippen molar-refractivity contribution >= 4 is 22.3 Å². The summed E-state index contributed by atoms with van der Waals surface area (Å²) in [6, 6.07) is 12.0. The number of para-hydroxylation sites is 1. The lowest BCUT2D eigenvalue weighted by atomic mass is 10.2. The molecule has 0 radical (unpaired) electrons. The van der Waals surface area contributed by atoms with Crippen LogP contribution in [0.25, 0.3) is 0 Å². The third-order valence-corrected chi connectivity index (χ3v) is 5.35. The Bertz CT molecular complexity index is 637. The fourth-order valence-electron chi connectivity index (χ4n) is 2.41. The van der Waals surface area contributed by atoms with Crippen molar-refractivity contribution in [3.8, 4) is 0 Å². The van der Waals surface area contributed by atoms with E-state index >= 15 is 0 Å². The minimum Gasteiger partial charge on any atom is -0.323 e. The summed E-state index contributed by atoms with van der Waals surface area (Å²) in [6.45, 7) is 2.99. The Kier molecular flexibility index (Phi) is 3.78. The van der Waals surface area contributed by atoms with Gasteiger partial charge in [0.1, 0.15) is 5.82 Å². The minimum absolute atomic E-state index is 0.361. The molecule has 3 rings (SSSR count). The number of likely N-dealkylation sites (N-methyl/N-ethyl adjacent to an activating group) is 1. The first-order chi connectivity index (χ1) is 10.1. The molecule has 2 aromatic rings. The van der Waals surface area contributed by atoms with Crippen molar-refractivity contribution < 1.29 is 4.21 Å². The van der Waals surface area contributed by atoms with E-state index in [0.29, 0.717) is 6.04 Å².